The van der Waals surface area contributed by atoms with Crippen LogP contribution in [0.4, 0.5) is 0 Å². The van der Waals surface area contributed by atoms with Crippen molar-refractivity contribution in [2.75, 3.05) is 26.9 Å². The van der Waals surface area contributed by atoms with Crippen LogP contribution in [0, 0.1) is 17.8 Å². The Morgan fingerprint density at radius 3 is 1.85 bits per heavy atom. The highest BCUT2D eigenvalue weighted by Gasteiger charge is 2.58. The number of hydrogen-bond donors (Lipinski definition) is 13. The summed E-state index contributed by atoms with van der Waals surface area (Å²) in [6.07, 6.45) is -27.1. The standard InChI is InChI=1S/C46H72O26/c1-63-26-10-18(2-8-23(26)50)3-9-32(53)64-16-30-36(57)39(60)43(72-45-41(62)37(58)34(55)28(15-47)69-45)46(71-30)68-27-13-22-24(66-42(27)19-4-6-20(48)7-5-19)11-21(49)12-25(22)67-44-40(61)38(59)35(56)29(70-44)17-65-33(54)14-31(51)52/h3,9,18-30,34-50,55-62H,2,4-8,10-17H2,1H3,(H,51,52)/p+1. The van der Waals surface area contributed by atoms with Crippen molar-refractivity contribution in [2.24, 2.45) is 17.8 Å². The van der Waals surface area contributed by atoms with Crippen LogP contribution in [0.2, 0.25) is 0 Å². The summed E-state index contributed by atoms with van der Waals surface area (Å²) in [5.74, 6) is -4.44. The van der Waals surface area contributed by atoms with Crippen molar-refractivity contribution in [3.63, 3.8) is 0 Å². The highest BCUT2D eigenvalue weighted by atomic mass is 16.8. The molecule has 24 unspecified atom stereocenters. The minimum atomic E-state index is -1.96. The van der Waals surface area contributed by atoms with Crippen molar-refractivity contribution < 1.29 is 128 Å². The van der Waals surface area contributed by atoms with E-state index in [1.165, 1.54) is 13.2 Å². The third-order valence-electron chi connectivity index (χ3n) is 15.2. The third-order valence-corrected chi connectivity index (χ3v) is 15.2. The number of aliphatic hydroxyl groups excluding tert-OH is 12. The topological polar surface area (TPSA) is 410 Å². The zero-order valence-electron chi connectivity index (χ0n) is 39.7. The van der Waals surface area contributed by atoms with Gasteiger partial charge in [0.25, 0.3) is 0 Å². The molecule has 7 rings (SSSR count). The Hall–Kier alpha value is -2.65. The average Bonchev–Trinajstić information content (AvgIpc) is 3.35. The number of esters is 2. The van der Waals surface area contributed by atoms with Crippen molar-refractivity contribution >= 4 is 17.9 Å². The summed E-state index contributed by atoms with van der Waals surface area (Å²) in [5.41, 5.74) is 0. The summed E-state index contributed by atoms with van der Waals surface area (Å²) in [5, 5.41) is 139. The van der Waals surface area contributed by atoms with Crippen LogP contribution in [0.5, 0.6) is 0 Å². The van der Waals surface area contributed by atoms with E-state index in [9.17, 15) is 75.7 Å². The van der Waals surface area contributed by atoms with Crippen LogP contribution in [0.25, 0.3) is 0 Å². The Kier molecular flexibility index (Phi) is 20.2. The van der Waals surface area contributed by atoms with Crippen LogP contribution in [0.1, 0.15) is 70.6 Å². The van der Waals surface area contributed by atoms with Gasteiger partial charge in [0, 0.05) is 31.9 Å². The van der Waals surface area contributed by atoms with Crippen LogP contribution in [0.3, 0.4) is 0 Å². The number of aliphatic carboxylic acids is 1. The summed E-state index contributed by atoms with van der Waals surface area (Å²) in [4.78, 5) is 36.0. The molecule has 7 aliphatic rings. The molecule has 0 spiro atoms. The number of fused-ring (bicyclic) bond motifs is 1. The molecule has 0 radical (unpaired) electrons. The molecular weight excluding hydrogens is 968 g/mol. The summed E-state index contributed by atoms with van der Waals surface area (Å²) < 4.78 is 57.7. The number of allylic oxidation sites excluding steroid dienone is 1. The van der Waals surface area contributed by atoms with Crippen LogP contribution in [-0.2, 0) is 57.0 Å². The Labute approximate surface area is 413 Å². The van der Waals surface area contributed by atoms with Crippen molar-refractivity contribution in [1.29, 1.82) is 0 Å². The molecule has 0 aromatic carbocycles. The summed E-state index contributed by atoms with van der Waals surface area (Å²) in [7, 11) is 1.48. The minimum Gasteiger partial charge on any atom is -0.481 e. The van der Waals surface area contributed by atoms with Gasteiger partial charge in [-0.2, -0.15) is 0 Å². The molecule has 14 N–H and O–H groups in total. The first-order valence-electron chi connectivity index (χ1n) is 24.7. The fourth-order valence-corrected chi connectivity index (χ4v) is 11.1. The van der Waals surface area contributed by atoms with Gasteiger partial charge in [0.05, 0.1) is 43.0 Å². The van der Waals surface area contributed by atoms with E-state index in [2.05, 4.69) is 0 Å². The van der Waals surface area contributed by atoms with Gasteiger partial charge in [-0.05, 0) is 57.3 Å². The quantitative estimate of drug-likeness (QED) is 0.0280. The minimum absolute atomic E-state index is 0.0529. The van der Waals surface area contributed by atoms with E-state index in [0.29, 0.717) is 44.9 Å². The SMILES string of the molecule is COC1CC(C=CC(=O)OCC2OC(OC3CC4C(OC5OC(COC(=O)CC(=O)O)C(O)C(O)C5O)CC(O)CC4[OH+]C3C3CCC(O)CC3)C(OC3OC(CO)C(O)C(O)C3O)C(O)C2O)CCC1O. The van der Waals surface area contributed by atoms with Gasteiger partial charge in [0.2, 0.25) is 0 Å². The molecular formula is C46H73O26+. The number of aliphatic hydroxyl groups is 14. The molecule has 4 saturated heterocycles. The number of ether oxygens (including phenoxy) is 10. The number of rotatable bonds is 17. The Bertz CT molecular complexity index is 1780. The smallest absolute Gasteiger partial charge is 0.330 e. The van der Waals surface area contributed by atoms with Gasteiger partial charge in [0.15, 0.2) is 31.1 Å². The van der Waals surface area contributed by atoms with E-state index >= 15 is 0 Å². The van der Waals surface area contributed by atoms with Crippen LogP contribution in [-0.4, -0.2) is 257 Å². The maximum absolute atomic E-state index is 13.0. The highest BCUT2D eigenvalue weighted by Crippen LogP contribution is 2.44. The van der Waals surface area contributed by atoms with Gasteiger partial charge in [-0.1, -0.05) is 6.08 Å². The highest BCUT2D eigenvalue weighted by molar-refractivity contribution is 5.90. The first-order chi connectivity index (χ1) is 34.3. The van der Waals surface area contributed by atoms with E-state index in [4.69, 9.17) is 52.5 Å². The molecule has 7 fully saturated rings. The molecule has 4 aliphatic heterocycles. The fraction of sp³-hybridized carbons (Fsp3) is 0.891. The summed E-state index contributed by atoms with van der Waals surface area (Å²) >= 11 is 0. The van der Waals surface area contributed by atoms with Gasteiger partial charge in [-0.25, -0.2) is 4.79 Å². The molecule has 3 saturated carbocycles. The van der Waals surface area contributed by atoms with Gasteiger partial charge in [0.1, 0.15) is 99.0 Å². The van der Waals surface area contributed by atoms with E-state index in [-0.39, 0.29) is 31.1 Å². The largest absolute Gasteiger partial charge is 0.481 e. The Morgan fingerprint density at radius 2 is 1.19 bits per heavy atom. The first-order valence-corrected chi connectivity index (χ1v) is 24.7. The van der Waals surface area contributed by atoms with E-state index < -0.39 is 191 Å². The normalized spacial score (nSPS) is 47.1. The average molecular weight is 1040 g/mol. The summed E-state index contributed by atoms with van der Waals surface area (Å²) in [6.45, 7) is -2.16. The van der Waals surface area contributed by atoms with E-state index in [1.807, 2.05) is 0 Å². The molecule has 412 valence electrons. The number of carbonyl (C=O) groups excluding carboxylic acids is 2. The zero-order valence-corrected chi connectivity index (χ0v) is 39.7. The molecule has 0 aromatic rings. The fourth-order valence-electron chi connectivity index (χ4n) is 11.1. The zero-order chi connectivity index (χ0) is 52.1. The molecule has 0 aromatic heterocycles. The molecule has 0 bridgehead atoms. The number of carboxylic acids is 1. The molecule has 26 nitrogen and oxygen atoms in total. The number of carboxylic acid groups (broad SMARTS) is 1. The Balaban J connectivity index is 1.13. The predicted molar refractivity (Wildman–Crippen MR) is 234 cm³/mol. The lowest BCUT2D eigenvalue weighted by Gasteiger charge is -2.50. The van der Waals surface area contributed by atoms with Crippen LogP contribution in [0.15, 0.2) is 12.2 Å². The van der Waals surface area contributed by atoms with Crippen LogP contribution < -0.4 is 0 Å². The number of carbonyl (C=O) groups is 3. The lowest BCUT2D eigenvalue weighted by Crippen LogP contribution is -2.66. The van der Waals surface area contributed by atoms with Crippen molar-refractivity contribution in [3.8, 4) is 0 Å². The van der Waals surface area contributed by atoms with Crippen molar-refractivity contribution in [2.45, 2.75) is 212 Å². The van der Waals surface area contributed by atoms with Crippen molar-refractivity contribution in [1.82, 2.24) is 0 Å². The van der Waals surface area contributed by atoms with E-state index in [1.54, 1.807) is 6.08 Å². The molecule has 26 heteroatoms. The van der Waals surface area contributed by atoms with Gasteiger partial charge >= 0.3 is 17.9 Å². The first kappa shape index (κ1) is 57.1. The number of hydrogen-bond acceptors (Lipinski definition) is 24. The maximum atomic E-state index is 13.0. The molecule has 72 heavy (non-hydrogen) atoms. The lowest BCUT2D eigenvalue weighted by molar-refractivity contribution is -0.389. The van der Waals surface area contributed by atoms with Gasteiger partial charge in [-0.3, -0.25) is 9.59 Å². The molecule has 24 atom stereocenters. The Morgan fingerprint density at radius 1 is 0.597 bits per heavy atom. The van der Waals surface area contributed by atoms with Crippen LogP contribution >= 0.6 is 0 Å². The monoisotopic (exact) mass is 1040 g/mol. The predicted octanol–water partition coefficient (Wildman–Crippen LogP) is -5.52. The second kappa shape index (κ2) is 25.5. The van der Waals surface area contributed by atoms with Gasteiger partial charge in [-0.15, -0.1) is 0 Å². The molecule has 3 aliphatic carbocycles. The van der Waals surface area contributed by atoms with Gasteiger partial charge < -0.3 is 114 Å². The third kappa shape index (κ3) is 13.7. The van der Waals surface area contributed by atoms with Crippen molar-refractivity contribution in [3.05, 3.63) is 12.2 Å². The summed E-state index contributed by atoms with van der Waals surface area (Å²) in [6, 6.07) is 0. The molecule has 4 heterocycles. The van der Waals surface area contributed by atoms with E-state index in [0.717, 1.165) is 0 Å². The molecule has 0 amide bonds. The maximum Gasteiger partial charge on any atom is 0.330 e. The number of methoxy groups -OCH3 is 1. The lowest BCUT2D eigenvalue weighted by atomic mass is 9.73. The second-order valence-electron chi connectivity index (χ2n) is 20.1. The second-order valence-corrected chi connectivity index (χ2v) is 20.1.